The first-order valence-corrected chi connectivity index (χ1v) is 5.68. The van der Waals surface area contributed by atoms with Gasteiger partial charge in [0, 0.05) is 24.8 Å². The number of amides is 1. The predicted molar refractivity (Wildman–Crippen MR) is 63.8 cm³/mol. The van der Waals surface area contributed by atoms with Crippen LogP contribution in [0.2, 0.25) is 0 Å². The number of carbonyl (C=O) groups is 1. The van der Waals surface area contributed by atoms with Crippen molar-refractivity contribution >= 4 is 17.0 Å². The first-order chi connectivity index (χ1) is 8.20. The van der Waals surface area contributed by atoms with Gasteiger partial charge in [0.15, 0.2) is 5.58 Å². The lowest BCUT2D eigenvalue weighted by Crippen LogP contribution is -2.32. The van der Waals surface area contributed by atoms with Gasteiger partial charge in [0.2, 0.25) is 0 Å². The van der Waals surface area contributed by atoms with Gasteiger partial charge in [-0.2, -0.15) is 0 Å². The van der Waals surface area contributed by atoms with E-state index in [4.69, 9.17) is 9.52 Å². The third-order valence-corrected chi connectivity index (χ3v) is 2.66. The van der Waals surface area contributed by atoms with Crippen LogP contribution in [-0.2, 0) is 0 Å². The smallest absolute Gasteiger partial charge is 0.268 e. The van der Waals surface area contributed by atoms with Gasteiger partial charge >= 0.3 is 0 Å². The summed E-state index contributed by atoms with van der Waals surface area (Å²) in [5.74, 6) is -0.151. The van der Waals surface area contributed by atoms with Crippen molar-refractivity contribution < 1.29 is 14.3 Å². The molecule has 0 saturated carbocycles. The van der Waals surface area contributed by atoms with E-state index in [1.807, 2.05) is 6.92 Å². The van der Waals surface area contributed by atoms with E-state index < -0.39 is 0 Å². The molecule has 0 aliphatic heterocycles. The van der Waals surface area contributed by atoms with Gasteiger partial charge in [-0.25, -0.2) is 0 Å². The van der Waals surface area contributed by atoms with Crippen LogP contribution in [-0.4, -0.2) is 28.6 Å². The Bertz CT molecular complexity index is 472. The molecule has 2 heterocycles. The van der Waals surface area contributed by atoms with Crippen LogP contribution in [0.15, 0.2) is 22.8 Å². The van der Waals surface area contributed by atoms with E-state index in [1.54, 1.807) is 18.4 Å². The van der Waals surface area contributed by atoms with Crippen LogP contribution in [0.5, 0.6) is 0 Å². The fraction of sp³-hybridized carbons (Fsp3) is 0.417. The van der Waals surface area contributed by atoms with E-state index in [0.29, 0.717) is 17.7 Å². The Morgan fingerprint density at radius 3 is 3.18 bits per heavy atom. The van der Waals surface area contributed by atoms with Gasteiger partial charge in [-0.3, -0.25) is 4.79 Å². The highest BCUT2D eigenvalue weighted by Gasteiger charge is 2.13. The summed E-state index contributed by atoms with van der Waals surface area (Å²) >= 11 is 0. The lowest BCUT2D eigenvalue weighted by atomic mass is 10.2. The zero-order valence-electron chi connectivity index (χ0n) is 9.69. The minimum Gasteiger partial charge on any atom is -0.463 e. The molecular formula is C12H16N2O3. The fourth-order valence-corrected chi connectivity index (χ4v) is 1.74. The minimum absolute atomic E-state index is 0.0456. The molecule has 0 saturated heterocycles. The summed E-state index contributed by atoms with van der Waals surface area (Å²) in [6, 6.07) is 3.51. The topological polar surface area (TPSA) is 78.3 Å². The average molecular weight is 236 g/mol. The number of furan rings is 1. The molecule has 0 radical (unpaired) electrons. The zero-order chi connectivity index (χ0) is 12.3. The highest BCUT2D eigenvalue weighted by atomic mass is 16.3. The molecule has 17 heavy (non-hydrogen) atoms. The minimum atomic E-state index is -0.151. The Hall–Kier alpha value is -1.75. The molecule has 0 bridgehead atoms. The van der Waals surface area contributed by atoms with Crippen LogP contribution < -0.4 is 5.32 Å². The molecule has 0 fully saturated rings. The summed E-state index contributed by atoms with van der Waals surface area (Å²) in [5.41, 5.74) is 1.99. The second kappa shape index (κ2) is 5.05. The molecule has 2 aromatic rings. The molecule has 0 aromatic carbocycles. The van der Waals surface area contributed by atoms with Crippen molar-refractivity contribution in [2.24, 2.45) is 0 Å². The Balaban J connectivity index is 1.98. The van der Waals surface area contributed by atoms with Crippen molar-refractivity contribution in [1.82, 2.24) is 10.3 Å². The summed E-state index contributed by atoms with van der Waals surface area (Å²) < 4.78 is 5.17. The predicted octanol–water partition coefficient (Wildman–Crippen LogP) is 1.65. The number of hydrogen-bond donors (Lipinski definition) is 3. The van der Waals surface area contributed by atoms with Gasteiger partial charge in [0.25, 0.3) is 5.91 Å². The number of aliphatic hydroxyl groups is 1. The standard InChI is InChI=1S/C12H16N2O3/c1-8(3-2-5-15)13-12(16)10-7-11-9(14-10)4-6-17-11/h4,6-8,14-15H,2-3,5H2,1H3,(H,13,16). The number of H-pyrrole nitrogens is 1. The third-order valence-electron chi connectivity index (χ3n) is 2.66. The third kappa shape index (κ3) is 2.68. The van der Waals surface area contributed by atoms with Crippen molar-refractivity contribution in [3.63, 3.8) is 0 Å². The number of rotatable bonds is 5. The largest absolute Gasteiger partial charge is 0.463 e. The normalized spacial score (nSPS) is 12.8. The Kier molecular flexibility index (Phi) is 3.49. The first-order valence-electron chi connectivity index (χ1n) is 5.68. The molecule has 5 nitrogen and oxygen atoms in total. The summed E-state index contributed by atoms with van der Waals surface area (Å²) in [6.07, 6.45) is 3.03. The molecule has 0 aliphatic rings. The van der Waals surface area contributed by atoms with Gasteiger partial charge in [-0.05, 0) is 19.8 Å². The van der Waals surface area contributed by atoms with Crippen molar-refractivity contribution in [2.45, 2.75) is 25.8 Å². The Morgan fingerprint density at radius 2 is 2.47 bits per heavy atom. The quantitative estimate of drug-likeness (QED) is 0.738. The van der Waals surface area contributed by atoms with Gasteiger partial charge in [0.1, 0.15) is 5.69 Å². The SMILES string of the molecule is CC(CCCO)NC(=O)c1cc2occc2[nH]1. The molecule has 1 amide bonds. The van der Waals surface area contributed by atoms with Crippen LogP contribution in [0.1, 0.15) is 30.3 Å². The van der Waals surface area contributed by atoms with Crippen molar-refractivity contribution in [2.75, 3.05) is 6.61 Å². The molecule has 5 heteroatoms. The number of aromatic nitrogens is 1. The maximum absolute atomic E-state index is 11.8. The van der Waals surface area contributed by atoms with Crippen molar-refractivity contribution in [3.8, 4) is 0 Å². The number of nitrogens with one attached hydrogen (secondary N) is 2. The first kappa shape index (κ1) is 11.7. The lowest BCUT2D eigenvalue weighted by molar-refractivity contribution is 0.0932. The summed E-state index contributed by atoms with van der Waals surface area (Å²) in [7, 11) is 0. The van der Waals surface area contributed by atoms with Crippen LogP contribution in [0.4, 0.5) is 0 Å². The highest BCUT2D eigenvalue weighted by molar-refractivity contribution is 5.96. The number of carbonyl (C=O) groups excluding carboxylic acids is 1. The van der Waals surface area contributed by atoms with E-state index in [2.05, 4.69) is 10.3 Å². The van der Waals surface area contributed by atoms with Gasteiger partial charge < -0.3 is 19.8 Å². The molecule has 1 unspecified atom stereocenters. The Morgan fingerprint density at radius 1 is 1.65 bits per heavy atom. The molecular weight excluding hydrogens is 220 g/mol. The van der Waals surface area contributed by atoms with E-state index in [1.165, 1.54) is 0 Å². The second-order valence-corrected chi connectivity index (χ2v) is 4.12. The molecule has 0 spiro atoms. The Labute approximate surface area is 98.8 Å². The van der Waals surface area contributed by atoms with Crippen molar-refractivity contribution in [3.05, 3.63) is 24.1 Å². The van der Waals surface area contributed by atoms with E-state index in [0.717, 1.165) is 11.9 Å². The molecule has 2 rings (SSSR count). The average Bonchev–Trinajstić information content (AvgIpc) is 2.86. The molecule has 0 aliphatic carbocycles. The molecule has 3 N–H and O–H groups in total. The fourth-order valence-electron chi connectivity index (χ4n) is 1.74. The lowest BCUT2D eigenvalue weighted by Gasteiger charge is -2.12. The number of hydrogen-bond acceptors (Lipinski definition) is 3. The van der Waals surface area contributed by atoms with E-state index >= 15 is 0 Å². The highest BCUT2D eigenvalue weighted by Crippen LogP contribution is 2.16. The molecule has 92 valence electrons. The monoisotopic (exact) mass is 236 g/mol. The van der Waals surface area contributed by atoms with Crippen LogP contribution >= 0.6 is 0 Å². The zero-order valence-corrected chi connectivity index (χ0v) is 9.69. The van der Waals surface area contributed by atoms with Gasteiger partial charge in [-0.1, -0.05) is 0 Å². The summed E-state index contributed by atoms with van der Waals surface area (Å²) in [6.45, 7) is 2.07. The maximum atomic E-state index is 11.8. The van der Waals surface area contributed by atoms with Crippen LogP contribution in [0, 0.1) is 0 Å². The van der Waals surface area contributed by atoms with Crippen molar-refractivity contribution in [1.29, 1.82) is 0 Å². The van der Waals surface area contributed by atoms with Crippen LogP contribution in [0.3, 0.4) is 0 Å². The maximum Gasteiger partial charge on any atom is 0.268 e. The van der Waals surface area contributed by atoms with Gasteiger partial charge in [-0.15, -0.1) is 0 Å². The number of aliphatic hydroxyl groups excluding tert-OH is 1. The van der Waals surface area contributed by atoms with Crippen LogP contribution in [0.25, 0.3) is 11.1 Å². The molecule has 2 aromatic heterocycles. The number of fused-ring (bicyclic) bond motifs is 1. The summed E-state index contributed by atoms with van der Waals surface area (Å²) in [4.78, 5) is 14.8. The second-order valence-electron chi connectivity index (χ2n) is 4.12. The van der Waals surface area contributed by atoms with E-state index in [-0.39, 0.29) is 18.6 Å². The summed E-state index contributed by atoms with van der Waals surface area (Å²) in [5, 5.41) is 11.6. The van der Waals surface area contributed by atoms with Gasteiger partial charge in [0.05, 0.1) is 11.8 Å². The van der Waals surface area contributed by atoms with E-state index in [9.17, 15) is 4.79 Å². The molecule has 1 atom stereocenters. The number of aromatic amines is 1.